The number of ether oxygens (including phenoxy) is 2. The summed E-state index contributed by atoms with van der Waals surface area (Å²) in [6.45, 7) is 8.17. The van der Waals surface area contributed by atoms with E-state index in [1.807, 2.05) is 26.8 Å². The van der Waals surface area contributed by atoms with Gasteiger partial charge in [-0.15, -0.1) is 0 Å². The molecule has 1 rings (SSSR count). The van der Waals surface area contributed by atoms with Crippen molar-refractivity contribution in [2.75, 3.05) is 26.8 Å². The van der Waals surface area contributed by atoms with E-state index in [0.29, 0.717) is 45.1 Å². The minimum Gasteiger partial charge on any atom is -0.494 e. The summed E-state index contributed by atoms with van der Waals surface area (Å²) in [5.74, 6) is 1.42. The van der Waals surface area contributed by atoms with E-state index in [-0.39, 0.29) is 5.97 Å². The van der Waals surface area contributed by atoms with Crippen LogP contribution in [0, 0.1) is 6.92 Å². The zero-order chi connectivity index (χ0) is 17.8. The molecule has 24 heavy (non-hydrogen) atoms. The normalized spacial score (nSPS) is 11.1. The third-order valence-corrected chi connectivity index (χ3v) is 3.35. The van der Waals surface area contributed by atoms with Crippen molar-refractivity contribution >= 4 is 11.9 Å². The maximum absolute atomic E-state index is 11.3. The highest BCUT2D eigenvalue weighted by Gasteiger charge is 2.06. The first kappa shape index (κ1) is 19.8. The number of nitrogens with zero attached hydrogens (tertiary/aromatic N) is 1. The molecule has 0 heterocycles. The van der Waals surface area contributed by atoms with Gasteiger partial charge in [0, 0.05) is 32.1 Å². The van der Waals surface area contributed by atoms with Crippen molar-refractivity contribution in [2.24, 2.45) is 4.99 Å². The number of esters is 1. The van der Waals surface area contributed by atoms with Gasteiger partial charge in [0.15, 0.2) is 5.96 Å². The van der Waals surface area contributed by atoms with Crippen molar-refractivity contribution in [1.29, 1.82) is 0 Å². The molecule has 0 saturated heterocycles. The molecule has 6 nitrogen and oxygen atoms in total. The summed E-state index contributed by atoms with van der Waals surface area (Å²) in [6.07, 6.45) is 1.11. The lowest BCUT2D eigenvalue weighted by molar-refractivity contribution is -0.143. The summed E-state index contributed by atoms with van der Waals surface area (Å²) < 4.78 is 10.6. The molecule has 0 bridgehead atoms. The first-order valence-electron chi connectivity index (χ1n) is 8.43. The van der Waals surface area contributed by atoms with Crippen LogP contribution in [-0.4, -0.2) is 38.7 Å². The van der Waals surface area contributed by atoms with E-state index >= 15 is 0 Å². The average Bonchev–Trinajstić information content (AvgIpc) is 2.56. The molecular weight excluding hydrogens is 306 g/mol. The molecule has 1 aromatic rings. The third-order valence-electron chi connectivity index (χ3n) is 3.35. The first-order valence-corrected chi connectivity index (χ1v) is 8.43. The first-order chi connectivity index (χ1) is 11.6. The van der Waals surface area contributed by atoms with E-state index in [4.69, 9.17) is 9.47 Å². The molecule has 6 heteroatoms. The predicted octanol–water partition coefficient (Wildman–Crippen LogP) is 2.40. The lowest BCUT2D eigenvalue weighted by Crippen LogP contribution is -2.37. The molecule has 0 aliphatic rings. The second-order valence-electron chi connectivity index (χ2n) is 5.31. The fourth-order valence-corrected chi connectivity index (χ4v) is 2.17. The number of benzene rings is 1. The summed E-state index contributed by atoms with van der Waals surface area (Å²) in [5.41, 5.74) is 2.25. The zero-order valence-corrected chi connectivity index (χ0v) is 15.1. The summed E-state index contributed by atoms with van der Waals surface area (Å²) >= 11 is 0. The minimum absolute atomic E-state index is 0.164. The lowest BCUT2D eigenvalue weighted by atomic mass is 10.1. The van der Waals surface area contributed by atoms with Crippen molar-refractivity contribution in [1.82, 2.24) is 10.6 Å². The molecule has 0 unspecified atom stereocenters. The fraction of sp³-hybridized carbons (Fsp3) is 0.556. The summed E-state index contributed by atoms with van der Waals surface area (Å²) in [4.78, 5) is 15.5. The Balaban J connectivity index is 2.43. The number of hydrogen-bond acceptors (Lipinski definition) is 4. The van der Waals surface area contributed by atoms with Crippen molar-refractivity contribution in [3.63, 3.8) is 0 Å². The Kier molecular flexibility index (Phi) is 9.34. The van der Waals surface area contributed by atoms with Gasteiger partial charge < -0.3 is 20.1 Å². The number of carbonyl (C=O) groups is 1. The van der Waals surface area contributed by atoms with Gasteiger partial charge in [-0.25, -0.2) is 0 Å². The summed E-state index contributed by atoms with van der Waals surface area (Å²) in [5, 5.41) is 6.45. The number of guanidine groups is 1. The predicted molar refractivity (Wildman–Crippen MR) is 96.4 cm³/mol. The number of aryl methyl sites for hydroxylation is 1. The highest BCUT2D eigenvalue weighted by molar-refractivity contribution is 5.79. The Bertz CT molecular complexity index is 544. The Hall–Kier alpha value is -2.24. The van der Waals surface area contributed by atoms with Gasteiger partial charge in [-0.05, 0) is 38.8 Å². The Labute approximate surface area is 144 Å². The molecule has 0 fully saturated rings. The molecule has 0 aromatic heterocycles. The van der Waals surface area contributed by atoms with Crippen LogP contribution in [0.2, 0.25) is 0 Å². The number of hydrogen-bond donors (Lipinski definition) is 2. The molecule has 0 saturated carbocycles. The van der Waals surface area contributed by atoms with Gasteiger partial charge in [-0.2, -0.15) is 0 Å². The Morgan fingerprint density at radius 1 is 1.21 bits per heavy atom. The van der Waals surface area contributed by atoms with E-state index < -0.39 is 0 Å². The molecular formula is C18H29N3O3. The quantitative estimate of drug-likeness (QED) is 0.314. The van der Waals surface area contributed by atoms with Crippen molar-refractivity contribution in [2.45, 2.75) is 40.2 Å². The second-order valence-corrected chi connectivity index (χ2v) is 5.31. The van der Waals surface area contributed by atoms with Crippen LogP contribution in [0.5, 0.6) is 5.75 Å². The number of rotatable bonds is 9. The highest BCUT2D eigenvalue weighted by Crippen LogP contribution is 2.20. The van der Waals surface area contributed by atoms with Crippen LogP contribution in [0.3, 0.4) is 0 Å². The van der Waals surface area contributed by atoms with E-state index in [0.717, 1.165) is 11.3 Å². The Morgan fingerprint density at radius 2 is 2.00 bits per heavy atom. The van der Waals surface area contributed by atoms with Crippen LogP contribution in [0.15, 0.2) is 23.2 Å². The van der Waals surface area contributed by atoms with Gasteiger partial charge in [-0.1, -0.05) is 12.1 Å². The minimum atomic E-state index is -0.164. The van der Waals surface area contributed by atoms with Crippen LogP contribution in [-0.2, 0) is 16.1 Å². The number of carbonyl (C=O) groups excluding carboxylic acids is 1. The standard InChI is InChI=1S/C18H29N3O3/c1-5-23-16-12-14(3)9-10-15(16)13-21-18(19-4)20-11-7-8-17(22)24-6-2/h9-10,12H,5-8,11,13H2,1-4H3,(H2,19,20,21). The van der Waals surface area contributed by atoms with Gasteiger partial charge in [-0.3, -0.25) is 9.79 Å². The van der Waals surface area contributed by atoms with E-state index in [2.05, 4.69) is 27.8 Å². The van der Waals surface area contributed by atoms with Crippen LogP contribution < -0.4 is 15.4 Å². The van der Waals surface area contributed by atoms with Gasteiger partial charge in [0.2, 0.25) is 0 Å². The molecule has 0 spiro atoms. The van der Waals surface area contributed by atoms with E-state index in [1.54, 1.807) is 7.05 Å². The molecule has 0 amide bonds. The number of nitrogens with one attached hydrogen (secondary N) is 2. The zero-order valence-electron chi connectivity index (χ0n) is 15.1. The molecule has 134 valence electrons. The SMILES string of the molecule is CCOC(=O)CCCNC(=NC)NCc1ccc(C)cc1OCC. The van der Waals surface area contributed by atoms with Crippen molar-refractivity contribution in [3.05, 3.63) is 29.3 Å². The molecule has 1 aromatic carbocycles. The highest BCUT2D eigenvalue weighted by atomic mass is 16.5. The van der Waals surface area contributed by atoms with Crippen molar-refractivity contribution < 1.29 is 14.3 Å². The molecule has 0 aliphatic heterocycles. The maximum atomic E-state index is 11.3. The third kappa shape index (κ3) is 7.35. The second kappa shape index (κ2) is 11.3. The largest absolute Gasteiger partial charge is 0.494 e. The number of aliphatic imine (C=N–C) groups is 1. The van der Waals surface area contributed by atoms with Gasteiger partial charge in [0.1, 0.15) is 5.75 Å². The van der Waals surface area contributed by atoms with Gasteiger partial charge in [0.25, 0.3) is 0 Å². The van der Waals surface area contributed by atoms with Gasteiger partial charge in [0.05, 0.1) is 13.2 Å². The molecule has 2 N–H and O–H groups in total. The maximum Gasteiger partial charge on any atom is 0.305 e. The molecule has 0 aliphatic carbocycles. The van der Waals surface area contributed by atoms with E-state index in [9.17, 15) is 4.79 Å². The fourth-order valence-electron chi connectivity index (χ4n) is 2.17. The van der Waals surface area contributed by atoms with Crippen LogP contribution in [0.1, 0.15) is 37.8 Å². The van der Waals surface area contributed by atoms with Crippen LogP contribution in [0.25, 0.3) is 0 Å². The van der Waals surface area contributed by atoms with Crippen molar-refractivity contribution in [3.8, 4) is 5.75 Å². The summed E-state index contributed by atoms with van der Waals surface area (Å²) in [7, 11) is 1.72. The monoisotopic (exact) mass is 335 g/mol. The molecule has 0 atom stereocenters. The van der Waals surface area contributed by atoms with Crippen LogP contribution >= 0.6 is 0 Å². The van der Waals surface area contributed by atoms with E-state index in [1.165, 1.54) is 5.56 Å². The smallest absolute Gasteiger partial charge is 0.305 e. The van der Waals surface area contributed by atoms with Gasteiger partial charge >= 0.3 is 5.97 Å². The summed E-state index contributed by atoms with van der Waals surface area (Å²) in [6, 6.07) is 6.16. The Morgan fingerprint density at radius 3 is 2.67 bits per heavy atom. The average molecular weight is 335 g/mol. The van der Waals surface area contributed by atoms with Crippen LogP contribution in [0.4, 0.5) is 0 Å². The molecule has 0 radical (unpaired) electrons. The lowest BCUT2D eigenvalue weighted by Gasteiger charge is -2.15. The topological polar surface area (TPSA) is 72.0 Å².